The molecular weight excluding hydrogens is 322 g/mol. The summed E-state index contributed by atoms with van der Waals surface area (Å²) in [4.78, 5) is 15.3. The molecule has 1 aliphatic carbocycles. The maximum Gasteiger partial charge on any atom is 0.191 e. The van der Waals surface area contributed by atoms with E-state index in [0.717, 1.165) is 35.4 Å². The average molecular weight is 340 g/mol. The van der Waals surface area contributed by atoms with Crippen molar-refractivity contribution < 1.29 is 9.53 Å². The van der Waals surface area contributed by atoms with Gasteiger partial charge in [0, 0.05) is 29.2 Å². The van der Waals surface area contributed by atoms with Gasteiger partial charge in [0.15, 0.2) is 5.78 Å². The van der Waals surface area contributed by atoms with E-state index in [1.165, 1.54) is 0 Å². The second-order valence-corrected chi connectivity index (χ2v) is 6.55. The molecule has 0 amide bonds. The maximum atomic E-state index is 13.0. The van der Waals surface area contributed by atoms with Gasteiger partial charge in [-0.15, -0.1) is 0 Å². The van der Waals surface area contributed by atoms with Gasteiger partial charge in [-0.1, -0.05) is 48.0 Å². The molecule has 2 aromatic carbocycles. The zero-order chi connectivity index (χ0) is 16.5. The summed E-state index contributed by atoms with van der Waals surface area (Å²) in [7, 11) is 0. The fraction of sp³-hybridized carbons (Fsp3) is 0.250. The maximum absolute atomic E-state index is 13.0. The number of carbonyl (C=O) groups is 1. The summed E-state index contributed by atoms with van der Waals surface area (Å²) in [6.45, 7) is 3.09. The molecule has 1 heterocycles. The van der Waals surface area contributed by atoms with Gasteiger partial charge in [0.05, 0.1) is 19.3 Å². The topological polar surface area (TPSA) is 29.5 Å². The third-order valence-electron chi connectivity index (χ3n) is 4.66. The van der Waals surface area contributed by atoms with E-state index in [0.29, 0.717) is 18.2 Å². The largest absolute Gasteiger partial charge is 0.379 e. The van der Waals surface area contributed by atoms with E-state index in [1.807, 2.05) is 48.5 Å². The van der Waals surface area contributed by atoms with Crippen molar-refractivity contribution in [3.63, 3.8) is 0 Å². The Kier molecular flexibility index (Phi) is 4.23. The number of morpholine rings is 1. The molecule has 0 bridgehead atoms. The van der Waals surface area contributed by atoms with E-state index in [-0.39, 0.29) is 11.8 Å². The summed E-state index contributed by atoms with van der Waals surface area (Å²) in [5.74, 6) is 0.122. The smallest absolute Gasteiger partial charge is 0.191 e. The molecule has 0 saturated carbocycles. The third-order valence-corrected chi connectivity index (χ3v) is 4.91. The lowest BCUT2D eigenvalue weighted by Crippen LogP contribution is -2.39. The molecule has 1 aliphatic heterocycles. The Balaban J connectivity index is 1.78. The van der Waals surface area contributed by atoms with Crippen LogP contribution in [0, 0.1) is 0 Å². The first-order chi connectivity index (χ1) is 11.7. The Hall–Kier alpha value is -1.94. The van der Waals surface area contributed by atoms with Crippen LogP contribution in [-0.4, -0.2) is 37.0 Å². The van der Waals surface area contributed by atoms with Crippen molar-refractivity contribution in [1.82, 2.24) is 4.90 Å². The van der Waals surface area contributed by atoms with Crippen molar-refractivity contribution in [3.05, 3.63) is 75.8 Å². The molecule has 1 fully saturated rings. The molecule has 1 atom stereocenters. The summed E-state index contributed by atoms with van der Waals surface area (Å²) in [6, 6.07) is 15.5. The quantitative estimate of drug-likeness (QED) is 0.775. The number of hydrogen-bond donors (Lipinski definition) is 0. The molecule has 4 heteroatoms. The molecule has 4 rings (SSSR count). The van der Waals surface area contributed by atoms with Crippen LogP contribution in [0.3, 0.4) is 0 Å². The molecular formula is C20H18ClNO2. The second kappa shape index (κ2) is 6.52. The fourth-order valence-corrected chi connectivity index (χ4v) is 3.63. The normalized spacial score (nSPS) is 22.8. The van der Waals surface area contributed by atoms with Gasteiger partial charge in [-0.05, 0) is 29.3 Å². The zero-order valence-electron chi connectivity index (χ0n) is 13.2. The van der Waals surface area contributed by atoms with Gasteiger partial charge in [0.1, 0.15) is 0 Å². The summed E-state index contributed by atoms with van der Waals surface area (Å²) in [5, 5.41) is 0.697. The molecule has 3 nitrogen and oxygen atoms in total. The monoisotopic (exact) mass is 339 g/mol. The van der Waals surface area contributed by atoms with Gasteiger partial charge in [-0.2, -0.15) is 0 Å². The van der Waals surface area contributed by atoms with Crippen LogP contribution in [-0.2, 0) is 4.74 Å². The summed E-state index contributed by atoms with van der Waals surface area (Å²) in [6.07, 6.45) is 2.00. The average Bonchev–Trinajstić information content (AvgIpc) is 2.90. The molecule has 2 aromatic rings. The van der Waals surface area contributed by atoms with Crippen LogP contribution >= 0.6 is 11.6 Å². The second-order valence-electron chi connectivity index (χ2n) is 6.12. The van der Waals surface area contributed by atoms with Crippen molar-refractivity contribution in [1.29, 1.82) is 0 Å². The predicted octanol–water partition coefficient (Wildman–Crippen LogP) is 3.99. The number of hydrogen-bond acceptors (Lipinski definition) is 3. The summed E-state index contributed by atoms with van der Waals surface area (Å²) < 4.78 is 5.48. The van der Waals surface area contributed by atoms with Crippen LogP contribution < -0.4 is 0 Å². The van der Waals surface area contributed by atoms with E-state index >= 15 is 0 Å². The number of fused-ring (bicyclic) bond motifs is 1. The zero-order valence-corrected chi connectivity index (χ0v) is 14.0. The Morgan fingerprint density at radius 3 is 2.50 bits per heavy atom. The van der Waals surface area contributed by atoms with Crippen molar-refractivity contribution in [2.45, 2.75) is 6.04 Å². The number of Topliss-reactive ketones (excluding diaryl/α,β-unsaturated/α-hetero) is 1. The van der Waals surface area contributed by atoms with Crippen LogP contribution in [0.2, 0.25) is 5.02 Å². The Morgan fingerprint density at radius 1 is 1.04 bits per heavy atom. The molecule has 0 N–H and O–H groups in total. The molecule has 0 spiro atoms. The first-order valence-corrected chi connectivity index (χ1v) is 8.54. The van der Waals surface area contributed by atoms with Crippen molar-refractivity contribution in [2.75, 3.05) is 26.3 Å². The highest BCUT2D eigenvalue weighted by Gasteiger charge is 2.38. The lowest BCUT2D eigenvalue weighted by atomic mass is 10.0. The van der Waals surface area contributed by atoms with Gasteiger partial charge >= 0.3 is 0 Å². The van der Waals surface area contributed by atoms with Crippen LogP contribution in [0.25, 0.3) is 6.08 Å². The van der Waals surface area contributed by atoms with Gasteiger partial charge in [0.2, 0.25) is 0 Å². The number of nitrogens with zero attached hydrogens (tertiary/aromatic N) is 1. The highest BCUT2D eigenvalue weighted by molar-refractivity contribution is 6.30. The highest BCUT2D eigenvalue weighted by atomic mass is 35.5. The lowest BCUT2D eigenvalue weighted by Gasteiger charge is -2.33. The van der Waals surface area contributed by atoms with E-state index in [9.17, 15) is 4.79 Å². The fourth-order valence-electron chi connectivity index (χ4n) is 3.50. The molecule has 0 radical (unpaired) electrons. The van der Waals surface area contributed by atoms with Crippen LogP contribution in [0.15, 0.2) is 54.1 Å². The van der Waals surface area contributed by atoms with Crippen LogP contribution in [0.1, 0.15) is 27.5 Å². The van der Waals surface area contributed by atoms with Gasteiger partial charge in [0.25, 0.3) is 0 Å². The number of rotatable bonds is 2. The van der Waals surface area contributed by atoms with Crippen LogP contribution in [0.4, 0.5) is 0 Å². The van der Waals surface area contributed by atoms with Crippen LogP contribution in [0.5, 0.6) is 0 Å². The number of benzene rings is 2. The van der Waals surface area contributed by atoms with E-state index in [2.05, 4.69) is 11.0 Å². The summed E-state index contributed by atoms with van der Waals surface area (Å²) >= 11 is 5.97. The minimum atomic E-state index is 0.00766. The Labute approximate surface area is 146 Å². The first kappa shape index (κ1) is 15.6. The number of ether oxygens (including phenoxy) is 1. The molecule has 122 valence electrons. The molecule has 1 unspecified atom stereocenters. The number of ketones is 1. The minimum absolute atomic E-state index is 0.00766. The highest BCUT2D eigenvalue weighted by Crippen LogP contribution is 2.41. The van der Waals surface area contributed by atoms with Crippen molar-refractivity contribution >= 4 is 23.5 Å². The predicted molar refractivity (Wildman–Crippen MR) is 95.3 cm³/mol. The minimum Gasteiger partial charge on any atom is -0.379 e. The molecule has 0 aromatic heterocycles. The number of carbonyl (C=O) groups excluding carboxylic acids is 1. The third kappa shape index (κ3) is 2.80. The Bertz CT molecular complexity index is 792. The van der Waals surface area contributed by atoms with Gasteiger partial charge in [-0.3, -0.25) is 9.69 Å². The SMILES string of the molecule is O=C1C(=Cc2ccc(Cl)cc2)C(N2CCOCC2)c2ccccc21. The number of halogens is 1. The van der Waals surface area contributed by atoms with E-state index in [1.54, 1.807) is 0 Å². The standard InChI is InChI=1S/C20H18ClNO2/c21-15-7-5-14(6-8-15)13-18-19(22-9-11-24-12-10-22)16-3-1-2-4-17(16)20(18)23/h1-8,13,19H,9-12H2. The van der Waals surface area contributed by atoms with Gasteiger partial charge in [-0.25, -0.2) is 0 Å². The molecule has 2 aliphatic rings. The van der Waals surface area contributed by atoms with Gasteiger partial charge < -0.3 is 4.74 Å². The first-order valence-electron chi connectivity index (χ1n) is 8.16. The Morgan fingerprint density at radius 2 is 1.75 bits per heavy atom. The van der Waals surface area contributed by atoms with Crippen molar-refractivity contribution in [2.24, 2.45) is 0 Å². The molecule has 24 heavy (non-hydrogen) atoms. The molecule has 1 saturated heterocycles. The lowest BCUT2D eigenvalue weighted by molar-refractivity contribution is 0.0242. The van der Waals surface area contributed by atoms with Crippen molar-refractivity contribution in [3.8, 4) is 0 Å². The van der Waals surface area contributed by atoms with E-state index < -0.39 is 0 Å². The summed E-state index contributed by atoms with van der Waals surface area (Å²) in [5.41, 5.74) is 3.74. The van der Waals surface area contributed by atoms with E-state index in [4.69, 9.17) is 16.3 Å².